The number of H-pyrrole nitrogens is 1. The molecule has 1 atom stereocenters. The van der Waals surface area contributed by atoms with Crippen molar-refractivity contribution in [2.75, 3.05) is 19.8 Å². The van der Waals surface area contributed by atoms with Crippen LogP contribution in [0.25, 0.3) is 0 Å². The molecular formula is C14H15ClFN3O. The fraction of sp³-hybridized carbons (Fsp3) is 0.357. The van der Waals surface area contributed by atoms with Crippen LogP contribution in [0.15, 0.2) is 30.5 Å². The number of ether oxygens (including phenoxy) is 1. The van der Waals surface area contributed by atoms with Crippen molar-refractivity contribution in [3.8, 4) is 0 Å². The number of hydrogen-bond donors (Lipinski definition) is 1. The first-order chi connectivity index (χ1) is 9.74. The summed E-state index contributed by atoms with van der Waals surface area (Å²) in [5.74, 6) is -0.271. The molecule has 1 saturated heterocycles. The molecule has 2 heterocycles. The van der Waals surface area contributed by atoms with Gasteiger partial charge in [-0.3, -0.25) is 10.00 Å². The number of morpholine rings is 1. The van der Waals surface area contributed by atoms with Gasteiger partial charge in [0.15, 0.2) is 0 Å². The van der Waals surface area contributed by atoms with Crippen LogP contribution >= 0.6 is 11.6 Å². The highest BCUT2D eigenvalue weighted by Crippen LogP contribution is 2.25. The molecule has 6 heteroatoms. The van der Waals surface area contributed by atoms with Gasteiger partial charge in [-0.1, -0.05) is 17.7 Å². The average Bonchev–Trinajstić information content (AvgIpc) is 2.96. The zero-order valence-corrected chi connectivity index (χ0v) is 11.6. The van der Waals surface area contributed by atoms with E-state index in [1.807, 2.05) is 6.07 Å². The Labute approximate surface area is 121 Å². The Morgan fingerprint density at radius 2 is 2.35 bits per heavy atom. The first-order valence-electron chi connectivity index (χ1n) is 6.49. The van der Waals surface area contributed by atoms with E-state index in [4.69, 9.17) is 16.3 Å². The van der Waals surface area contributed by atoms with E-state index in [1.165, 1.54) is 6.07 Å². The summed E-state index contributed by atoms with van der Waals surface area (Å²) in [6.45, 7) is 2.51. The van der Waals surface area contributed by atoms with Crippen molar-refractivity contribution in [1.82, 2.24) is 15.1 Å². The zero-order chi connectivity index (χ0) is 13.9. The maximum absolute atomic E-state index is 13.9. The van der Waals surface area contributed by atoms with Gasteiger partial charge in [0.1, 0.15) is 5.82 Å². The van der Waals surface area contributed by atoms with Crippen LogP contribution in [0.5, 0.6) is 0 Å². The van der Waals surface area contributed by atoms with Crippen molar-refractivity contribution in [2.24, 2.45) is 0 Å². The molecule has 1 aromatic heterocycles. The Kier molecular flexibility index (Phi) is 4.00. The van der Waals surface area contributed by atoms with E-state index in [-0.39, 0.29) is 11.9 Å². The molecule has 0 radical (unpaired) electrons. The predicted octanol–water partition coefficient (Wildman–Crippen LogP) is 2.78. The van der Waals surface area contributed by atoms with E-state index in [2.05, 4.69) is 15.1 Å². The van der Waals surface area contributed by atoms with Crippen molar-refractivity contribution in [1.29, 1.82) is 0 Å². The number of nitrogens with zero attached hydrogens (tertiary/aromatic N) is 2. The van der Waals surface area contributed by atoms with Gasteiger partial charge >= 0.3 is 0 Å². The molecule has 0 bridgehead atoms. The molecule has 4 nitrogen and oxygen atoms in total. The van der Waals surface area contributed by atoms with Crippen molar-refractivity contribution in [3.05, 3.63) is 52.6 Å². The van der Waals surface area contributed by atoms with Crippen LogP contribution in [0.3, 0.4) is 0 Å². The third-order valence-electron chi connectivity index (χ3n) is 3.51. The van der Waals surface area contributed by atoms with E-state index in [0.717, 1.165) is 12.2 Å². The summed E-state index contributed by atoms with van der Waals surface area (Å²) in [6, 6.07) is 6.79. The lowest BCUT2D eigenvalue weighted by Gasteiger charge is -2.34. The van der Waals surface area contributed by atoms with E-state index in [1.54, 1.807) is 18.3 Å². The van der Waals surface area contributed by atoms with Gasteiger partial charge < -0.3 is 4.74 Å². The molecule has 1 aliphatic heterocycles. The van der Waals surface area contributed by atoms with E-state index in [9.17, 15) is 4.39 Å². The normalized spacial score (nSPS) is 20.2. The van der Waals surface area contributed by atoms with Crippen LogP contribution in [-0.4, -0.2) is 34.9 Å². The number of rotatable bonds is 3. The van der Waals surface area contributed by atoms with Crippen LogP contribution in [0.2, 0.25) is 5.02 Å². The number of halogens is 2. The predicted molar refractivity (Wildman–Crippen MR) is 74.0 cm³/mol. The lowest BCUT2D eigenvalue weighted by molar-refractivity contribution is -0.0147. The third kappa shape index (κ3) is 2.85. The highest BCUT2D eigenvalue weighted by molar-refractivity contribution is 6.30. The Morgan fingerprint density at radius 3 is 3.10 bits per heavy atom. The maximum atomic E-state index is 13.9. The van der Waals surface area contributed by atoms with Crippen molar-refractivity contribution in [2.45, 2.75) is 12.6 Å². The minimum atomic E-state index is -0.271. The fourth-order valence-corrected chi connectivity index (χ4v) is 2.59. The molecule has 0 amide bonds. The smallest absolute Gasteiger partial charge is 0.129 e. The molecule has 0 spiro atoms. The topological polar surface area (TPSA) is 41.1 Å². The zero-order valence-electron chi connectivity index (χ0n) is 10.9. The van der Waals surface area contributed by atoms with Crippen molar-refractivity contribution >= 4 is 11.6 Å². The minimum absolute atomic E-state index is 0.0707. The monoisotopic (exact) mass is 295 g/mol. The van der Waals surface area contributed by atoms with Gasteiger partial charge in [-0.25, -0.2) is 4.39 Å². The molecule has 1 fully saturated rings. The SMILES string of the molecule is Fc1cc(Cl)ccc1CN1CCOC[C@H]1c1ccn[nH]1. The summed E-state index contributed by atoms with van der Waals surface area (Å²) in [4.78, 5) is 2.18. The second-order valence-corrected chi connectivity index (χ2v) is 5.25. The van der Waals surface area contributed by atoms with Crippen molar-refractivity contribution < 1.29 is 9.13 Å². The second-order valence-electron chi connectivity index (χ2n) is 4.81. The van der Waals surface area contributed by atoms with E-state index >= 15 is 0 Å². The Balaban J connectivity index is 1.80. The summed E-state index contributed by atoms with van der Waals surface area (Å²) in [5, 5.41) is 7.34. The largest absolute Gasteiger partial charge is 0.378 e. The summed E-state index contributed by atoms with van der Waals surface area (Å²) in [5.41, 5.74) is 1.62. The van der Waals surface area contributed by atoms with Crippen LogP contribution in [0.1, 0.15) is 17.3 Å². The second kappa shape index (κ2) is 5.91. The molecule has 3 rings (SSSR count). The first kappa shape index (κ1) is 13.5. The van der Waals surface area contributed by atoms with E-state index in [0.29, 0.717) is 30.3 Å². The Bertz CT molecular complexity index is 576. The molecule has 106 valence electrons. The van der Waals surface area contributed by atoms with Crippen LogP contribution < -0.4 is 0 Å². The highest BCUT2D eigenvalue weighted by atomic mass is 35.5. The summed E-state index contributed by atoms with van der Waals surface area (Å²) in [7, 11) is 0. The Hall–Kier alpha value is -1.43. The van der Waals surface area contributed by atoms with Gasteiger partial charge in [-0.05, 0) is 18.2 Å². The molecule has 2 aromatic rings. The molecular weight excluding hydrogens is 281 g/mol. The highest BCUT2D eigenvalue weighted by Gasteiger charge is 2.26. The summed E-state index contributed by atoms with van der Waals surface area (Å²) in [6.07, 6.45) is 1.71. The van der Waals surface area contributed by atoms with Gasteiger partial charge in [0.25, 0.3) is 0 Å². The summed E-state index contributed by atoms with van der Waals surface area (Å²) >= 11 is 5.78. The number of hydrogen-bond acceptors (Lipinski definition) is 3. The summed E-state index contributed by atoms with van der Waals surface area (Å²) < 4.78 is 19.4. The Morgan fingerprint density at radius 1 is 1.45 bits per heavy atom. The lowest BCUT2D eigenvalue weighted by atomic mass is 10.1. The van der Waals surface area contributed by atoms with Crippen LogP contribution in [0, 0.1) is 5.82 Å². The van der Waals surface area contributed by atoms with Gasteiger partial charge in [-0.2, -0.15) is 5.10 Å². The standard InChI is InChI=1S/C14H15ClFN3O/c15-11-2-1-10(12(16)7-11)8-19-5-6-20-9-14(19)13-3-4-17-18-13/h1-4,7,14H,5-6,8-9H2,(H,17,18)/t14-/m0/s1. The first-order valence-corrected chi connectivity index (χ1v) is 6.87. The number of aromatic nitrogens is 2. The van der Waals surface area contributed by atoms with Gasteiger partial charge in [0.2, 0.25) is 0 Å². The number of benzene rings is 1. The third-order valence-corrected chi connectivity index (χ3v) is 3.74. The maximum Gasteiger partial charge on any atom is 0.129 e. The fourth-order valence-electron chi connectivity index (χ4n) is 2.43. The number of aromatic amines is 1. The quantitative estimate of drug-likeness (QED) is 0.947. The van der Waals surface area contributed by atoms with Gasteiger partial charge in [0, 0.05) is 29.9 Å². The van der Waals surface area contributed by atoms with Gasteiger partial charge in [-0.15, -0.1) is 0 Å². The number of nitrogens with one attached hydrogen (secondary N) is 1. The molecule has 0 unspecified atom stereocenters. The molecule has 0 aliphatic carbocycles. The molecule has 1 N–H and O–H groups in total. The van der Waals surface area contributed by atoms with E-state index < -0.39 is 0 Å². The molecule has 1 aromatic carbocycles. The average molecular weight is 296 g/mol. The van der Waals surface area contributed by atoms with Gasteiger partial charge in [0.05, 0.1) is 24.9 Å². The minimum Gasteiger partial charge on any atom is -0.378 e. The lowest BCUT2D eigenvalue weighted by Crippen LogP contribution is -2.39. The molecule has 1 aliphatic rings. The molecule has 0 saturated carbocycles. The van der Waals surface area contributed by atoms with Crippen molar-refractivity contribution in [3.63, 3.8) is 0 Å². The van der Waals surface area contributed by atoms with Crippen LogP contribution in [-0.2, 0) is 11.3 Å². The van der Waals surface area contributed by atoms with Crippen LogP contribution in [0.4, 0.5) is 4.39 Å². The molecule has 20 heavy (non-hydrogen) atoms.